The first kappa shape index (κ1) is 14.3. The summed E-state index contributed by atoms with van der Waals surface area (Å²) in [6.45, 7) is 0. The second-order valence-corrected chi connectivity index (χ2v) is 4.18. The third kappa shape index (κ3) is 3.87. The summed E-state index contributed by atoms with van der Waals surface area (Å²) in [4.78, 5) is 14.1. The van der Waals surface area contributed by atoms with Crippen molar-refractivity contribution in [3.8, 4) is 5.75 Å². The third-order valence-corrected chi connectivity index (χ3v) is 2.62. The molecule has 17 heavy (non-hydrogen) atoms. The molecule has 0 saturated carbocycles. The molecule has 1 N–H and O–H groups in total. The van der Waals surface area contributed by atoms with E-state index >= 15 is 0 Å². The summed E-state index contributed by atoms with van der Waals surface area (Å²) in [5.41, 5.74) is -0.659. The van der Waals surface area contributed by atoms with Gasteiger partial charge in [0.25, 0.3) is 0 Å². The Kier molecular flexibility index (Phi) is 4.42. The summed E-state index contributed by atoms with van der Waals surface area (Å²) in [7, 11) is 0. The lowest BCUT2D eigenvalue weighted by atomic mass is 10.3. The van der Waals surface area contributed by atoms with Crippen molar-refractivity contribution in [2.24, 2.45) is 0 Å². The largest absolute Gasteiger partial charge is 0.573 e. The Labute approximate surface area is 112 Å². The van der Waals surface area contributed by atoms with E-state index in [9.17, 15) is 18.0 Å². The first-order chi connectivity index (χ1) is 7.74. The summed E-state index contributed by atoms with van der Waals surface area (Å²) in [5.74, 6) is -2.31. The zero-order valence-electron chi connectivity index (χ0n) is 7.89. The molecule has 9 heteroatoms. The number of carboxylic acid groups (broad SMARTS) is 1. The molecule has 94 valence electrons. The van der Waals surface area contributed by atoms with Gasteiger partial charge in [0.2, 0.25) is 0 Å². The van der Waals surface area contributed by atoms with Crippen LogP contribution in [0.15, 0.2) is 6.07 Å². The summed E-state index contributed by atoms with van der Waals surface area (Å²) < 4.78 is 40.0. The fraction of sp³-hybridized carbons (Fsp3) is 0.250. The maximum Gasteiger partial charge on any atom is 0.573 e. The van der Waals surface area contributed by atoms with Crippen LogP contribution in [-0.4, -0.2) is 22.4 Å². The quantitative estimate of drug-likeness (QED) is 0.646. The highest BCUT2D eigenvalue weighted by Gasteiger charge is 2.33. The monoisotopic (exact) mass is 381 g/mol. The van der Waals surface area contributed by atoms with E-state index in [4.69, 9.17) is 16.7 Å². The number of carbonyl (C=O) groups is 1. The maximum absolute atomic E-state index is 12.1. The minimum absolute atomic E-state index is 0.0250. The van der Waals surface area contributed by atoms with E-state index in [0.717, 1.165) is 6.07 Å². The molecule has 0 aliphatic rings. The van der Waals surface area contributed by atoms with Gasteiger partial charge in [-0.15, -0.1) is 24.8 Å². The predicted octanol–water partition coefficient (Wildman–Crippen LogP) is 3.02. The summed E-state index contributed by atoms with van der Waals surface area (Å²) in [5, 5.41) is 8.68. The van der Waals surface area contributed by atoms with E-state index in [1.54, 1.807) is 0 Å². The van der Waals surface area contributed by atoms with Crippen LogP contribution in [0.5, 0.6) is 5.75 Å². The number of aromatic nitrogens is 1. The highest BCUT2D eigenvalue weighted by Crippen LogP contribution is 2.31. The van der Waals surface area contributed by atoms with Crippen LogP contribution in [-0.2, 0) is 5.88 Å². The smallest absolute Gasteiger partial charge is 0.477 e. The molecule has 4 nitrogen and oxygen atoms in total. The zero-order chi connectivity index (χ0) is 13.2. The van der Waals surface area contributed by atoms with Crippen LogP contribution in [0.1, 0.15) is 16.2 Å². The minimum Gasteiger partial charge on any atom is -0.477 e. The van der Waals surface area contributed by atoms with Crippen molar-refractivity contribution < 1.29 is 27.8 Å². The number of nitrogens with zero attached hydrogens (tertiary/aromatic N) is 1. The number of aromatic carboxylic acids is 1. The van der Waals surface area contributed by atoms with Crippen LogP contribution in [0.4, 0.5) is 13.2 Å². The molecule has 0 saturated heterocycles. The molecule has 1 rings (SSSR count). The number of halogens is 5. The van der Waals surface area contributed by atoms with Crippen LogP contribution in [0.2, 0.25) is 0 Å². The van der Waals surface area contributed by atoms with E-state index in [1.165, 1.54) is 22.6 Å². The van der Waals surface area contributed by atoms with Crippen molar-refractivity contribution in [2.75, 3.05) is 0 Å². The van der Waals surface area contributed by atoms with E-state index in [2.05, 4.69) is 9.72 Å². The van der Waals surface area contributed by atoms with E-state index in [1.807, 2.05) is 0 Å². The van der Waals surface area contributed by atoms with Gasteiger partial charge in [0.05, 0.1) is 15.1 Å². The van der Waals surface area contributed by atoms with Crippen LogP contribution < -0.4 is 4.74 Å². The van der Waals surface area contributed by atoms with Crippen molar-refractivity contribution in [1.82, 2.24) is 4.98 Å². The number of pyridine rings is 1. The molecular formula is C8H4ClF3INO3. The Hall–Kier alpha value is -0.770. The van der Waals surface area contributed by atoms with Crippen molar-refractivity contribution in [1.29, 1.82) is 0 Å². The lowest BCUT2D eigenvalue weighted by molar-refractivity contribution is -0.275. The molecule has 0 spiro atoms. The first-order valence-electron chi connectivity index (χ1n) is 3.99. The summed E-state index contributed by atoms with van der Waals surface area (Å²) in [6, 6.07) is 0.972. The van der Waals surface area contributed by atoms with Crippen LogP contribution >= 0.6 is 34.2 Å². The van der Waals surface area contributed by atoms with Crippen LogP contribution in [0.25, 0.3) is 0 Å². The lowest BCUT2D eigenvalue weighted by Crippen LogP contribution is -2.20. The van der Waals surface area contributed by atoms with Gasteiger partial charge in [0.1, 0.15) is 5.69 Å². The molecule has 0 radical (unpaired) electrons. The van der Waals surface area contributed by atoms with E-state index in [-0.39, 0.29) is 20.8 Å². The number of rotatable bonds is 3. The molecule has 1 aromatic heterocycles. The van der Waals surface area contributed by atoms with Crippen molar-refractivity contribution in [3.05, 3.63) is 21.0 Å². The molecule has 0 aliphatic carbocycles. The van der Waals surface area contributed by atoms with Gasteiger partial charge in [-0.05, 0) is 28.7 Å². The minimum atomic E-state index is -4.88. The first-order valence-corrected chi connectivity index (χ1v) is 5.60. The zero-order valence-corrected chi connectivity index (χ0v) is 10.8. The summed E-state index contributed by atoms with van der Waals surface area (Å²) >= 11 is 6.92. The second kappa shape index (κ2) is 5.25. The molecule has 0 atom stereocenters. The van der Waals surface area contributed by atoms with Crippen molar-refractivity contribution in [2.45, 2.75) is 12.2 Å². The van der Waals surface area contributed by atoms with Gasteiger partial charge >= 0.3 is 12.3 Å². The molecule has 0 unspecified atom stereocenters. The Morgan fingerprint density at radius 2 is 2.18 bits per heavy atom. The molecule has 0 aliphatic heterocycles. The van der Waals surface area contributed by atoms with E-state index in [0.29, 0.717) is 0 Å². The van der Waals surface area contributed by atoms with Gasteiger partial charge in [-0.3, -0.25) is 0 Å². The van der Waals surface area contributed by atoms with Gasteiger partial charge in [-0.2, -0.15) is 0 Å². The average molecular weight is 381 g/mol. The van der Waals surface area contributed by atoms with Gasteiger partial charge in [0, 0.05) is 0 Å². The number of alkyl halides is 4. The van der Waals surface area contributed by atoms with Crippen molar-refractivity contribution in [3.63, 3.8) is 0 Å². The number of hydrogen-bond donors (Lipinski definition) is 1. The normalized spacial score (nSPS) is 11.4. The molecule has 0 aromatic carbocycles. The number of carboxylic acids is 1. The van der Waals surface area contributed by atoms with E-state index < -0.39 is 18.1 Å². The Morgan fingerprint density at radius 1 is 1.59 bits per heavy atom. The molecular weight excluding hydrogens is 377 g/mol. The summed E-state index contributed by atoms with van der Waals surface area (Å²) in [6.07, 6.45) is -4.88. The molecule has 1 aromatic rings. The Morgan fingerprint density at radius 3 is 2.59 bits per heavy atom. The molecule has 0 fully saturated rings. The van der Waals surface area contributed by atoms with Crippen molar-refractivity contribution >= 4 is 40.2 Å². The third-order valence-electron chi connectivity index (χ3n) is 1.56. The second-order valence-electron chi connectivity index (χ2n) is 2.75. The fourth-order valence-electron chi connectivity index (χ4n) is 0.975. The topological polar surface area (TPSA) is 59.4 Å². The number of hydrogen-bond acceptors (Lipinski definition) is 3. The number of ether oxygens (including phenoxy) is 1. The predicted molar refractivity (Wildman–Crippen MR) is 60.2 cm³/mol. The van der Waals surface area contributed by atoms with Gasteiger partial charge in [-0.25, -0.2) is 9.78 Å². The molecule has 0 amide bonds. The Balaban J connectivity index is 3.26. The SMILES string of the molecule is O=C(O)c1cc(I)c(OC(F)(F)F)c(CCl)n1. The van der Waals surface area contributed by atoms with Crippen LogP contribution in [0, 0.1) is 3.57 Å². The fourth-order valence-corrected chi connectivity index (χ4v) is 1.87. The Bertz CT molecular complexity index is 452. The van der Waals surface area contributed by atoms with Gasteiger partial charge < -0.3 is 9.84 Å². The lowest BCUT2D eigenvalue weighted by Gasteiger charge is -2.13. The van der Waals surface area contributed by atoms with Crippen LogP contribution in [0.3, 0.4) is 0 Å². The maximum atomic E-state index is 12.1. The average Bonchev–Trinajstić information content (AvgIpc) is 2.18. The highest BCUT2D eigenvalue weighted by atomic mass is 127. The molecule has 0 bridgehead atoms. The van der Waals surface area contributed by atoms with Gasteiger partial charge in [0.15, 0.2) is 5.75 Å². The standard InChI is InChI=1S/C8H4ClF3INO3/c9-2-5-6(17-8(10,11)12)3(13)1-4(14-5)7(15)16/h1H,2H2,(H,15,16). The highest BCUT2D eigenvalue weighted by molar-refractivity contribution is 14.1. The van der Waals surface area contributed by atoms with Gasteiger partial charge in [-0.1, -0.05) is 0 Å². The molecule has 1 heterocycles.